The van der Waals surface area contributed by atoms with E-state index < -0.39 is 6.43 Å². The Bertz CT molecular complexity index is 358. The van der Waals surface area contributed by atoms with Crippen molar-refractivity contribution in [1.82, 2.24) is 4.98 Å². The summed E-state index contributed by atoms with van der Waals surface area (Å²) in [4.78, 5) is 4.01. The van der Waals surface area contributed by atoms with E-state index >= 15 is 0 Å². The predicted octanol–water partition coefficient (Wildman–Crippen LogP) is 5.73. The number of halogens is 2. The van der Waals surface area contributed by atoms with Crippen LogP contribution in [-0.2, 0) is 0 Å². The average Bonchev–Trinajstić information content (AvgIpc) is 2.49. The molecule has 0 N–H and O–H groups in total. The standard InChI is InChI=1S/C14H19F2N.C2H6/c1-2-10-3-5-11(6-4-10)13-9-17-8-7-12(13)14(15)16;1-2/h7-11,14H,2-6H2,1H3;1-2H3. The summed E-state index contributed by atoms with van der Waals surface area (Å²) in [5, 5.41) is 0. The number of rotatable bonds is 3. The molecule has 0 unspecified atom stereocenters. The number of alkyl halides is 2. The number of pyridine rings is 1. The molecule has 0 atom stereocenters. The van der Waals surface area contributed by atoms with Crippen molar-refractivity contribution in [2.45, 2.75) is 65.2 Å². The number of aromatic nitrogens is 1. The van der Waals surface area contributed by atoms with E-state index in [9.17, 15) is 8.78 Å². The second kappa shape index (κ2) is 8.23. The van der Waals surface area contributed by atoms with Crippen molar-refractivity contribution in [1.29, 1.82) is 0 Å². The van der Waals surface area contributed by atoms with Gasteiger partial charge in [-0.2, -0.15) is 0 Å². The van der Waals surface area contributed by atoms with Crippen LogP contribution in [0, 0.1) is 5.92 Å². The van der Waals surface area contributed by atoms with E-state index in [0.717, 1.165) is 24.3 Å². The van der Waals surface area contributed by atoms with Gasteiger partial charge in [-0.1, -0.05) is 27.2 Å². The number of hydrogen-bond acceptors (Lipinski definition) is 1. The molecule has 108 valence electrons. The van der Waals surface area contributed by atoms with Gasteiger partial charge >= 0.3 is 0 Å². The van der Waals surface area contributed by atoms with Crippen LogP contribution < -0.4 is 0 Å². The molecule has 1 nitrogen and oxygen atoms in total. The van der Waals surface area contributed by atoms with Gasteiger partial charge in [0.05, 0.1) is 0 Å². The van der Waals surface area contributed by atoms with Crippen molar-refractivity contribution in [2.75, 3.05) is 0 Å². The van der Waals surface area contributed by atoms with E-state index in [0.29, 0.717) is 0 Å². The summed E-state index contributed by atoms with van der Waals surface area (Å²) in [6, 6.07) is 1.46. The molecule has 2 rings (SSSR count). The maximum absolute atomic E-state index is 12.9. The lowest BCUT2D eigenvalue weighted by Gasteiger charge is -2.29. The van der Waals surface area contributed by atoms with Crippen LogP contribution in [0.15, 0.2) is 18.5 Å². The highest BCUT2D eigenvalue weighted by Gasteiger charge is 2.25. The molecule has 0 bridgehead atoms. The molecule has 1 heterocycles. The van der Waals surface area contributed by atoms with Gasteiger partial charge in [-0.25, -0.2) is 8.78 Å². The largest absolute Gasteiger partial charge is 0.264 e. The van der Waals surface area contributed by atoms with E-state index in [1.54, 1.807) is 6.20 Å². The van der Waals surface area contributed by atoms with Gasteiger partial charge in [0.25, 0.3) is 6.43 Å². The SMILES string of the molecule is CC.CCC1CCC(c2cnccc2C(F)F)CC1. The Morgan fingerprint density at radius 1 is 1.21 bits per heavy atom. The summed E-state index contributed by atoms with van der Waals surface area (Å²) in [7, 11) is 0. The minimum atomic E-state index is -2.38. The lowest BCUT2D eigenvalue weighted by atomic mass is 9.77. The summed E-state index contributed by atoms with van der Waals surface area (Å²) in [5.41, 5.74) is 0.956. The molecule has 0 spiro atoms. The van der Waals surface area contributed by atoms with Crippen molar-refractivity contribution in [3.63, 3.8) is 0 Å². The topological polar surface area (TPSA) is 12.9 Å². The molecule has 19 heavy (non-hydrogen) atoms. The fourth-order valence-electron chi connectivity index (χ4n) is 2.84. The Morgan fingerprint density at radius 3 is 2.37 bits per heavy atom. The molecule has 0 aliphatic heterocycles. The summed E-state index contributed by atoms with van der Waals surface area (Å²) in [5.74, 6) is 1.08. The molecule has 1 saturated carbocycles. The Morgan fingerprint density at radius 2 is 1.84 bits per heavy atom. The van der Waals surface area contributed by atoms with Gasteiger partial charge in [-0.05, 0) is 49.1 Å². The first-order valence-electron chi connectivity index (χ1n) is 7.44. The highest BCUT2D eigenvalue weighted by molar-refractivity contribution is 5.28. The first-order chi connectivity index (χ1) is 9.22. The van der Waals surface area contributed by atoms with Crippen LogP contribution in [0.5, 0.6) is 0 Å². The van der Waals surface area contributed by atoms with Crippen LogP contribution in [0.4, 0.5) is 8.78 Å². The first-order valence-corrected chi connectivity index (χ1v) is 7.44. The molecule has 0 saturated heterocycles. The normalized spacial score (nSPS) is 22.8. The van der Waals surface area contributed by atoms with Gasteiger partial charge in [-0.3, -0.25) is 4.98 Å². The smallest absolute Gasteiger partial charge is 0.264 e. The Labute approximate surface area is 115 Å². The van der Waals surface area contributed by atoms with Gasteiger partial charge < -0.3 is 0 Å². The van der Waals surface area contributed by atoms with E-state index in [1.807, 2.05) is 13.8 Å². The van der Waals surface area contributed by atoms with Gasteiger partial charge in [0.2, 0.25) is 0 Å². The maximum Gasteiger partial charge on any atom is 0.264 e. The second-order valence-electron chi connectivity index (χ2n) is 4.93. The third-order valence-corrected chi connectivity index (χ3v) is 3.99. The zero-order chi connectivity index (χ0) is 14.3. The fourth-order valence-corrected chi connectivity index (χ4v) is 2.84. The Hall–Kier alpha value is -0.990. The lowest BCUT2D eigenvalue weighted by Crippen LogP contribution is -2.14. The quantitative estimate of drug-likeness (QED) is 0.683. The van der Waals surface area contributed by atoms with E-state index in [1.165, 1.54) is 31.5 Å². The Kier molecular flexibility index (Phi) is 6.96. The third kappa shape index (κ3) is 4.26. The second-order valence-corrected chi connectivity index (χ2v) is 4.93. The summed E-state index contributed by atoms with van der Waals surface area (Å²) in [6.07, 6.45) is 6.32. The van der Waals surface area contributed by atoms with Gasteiger partial charge in [0.1, 0.15) is 0 Å². The predicted molar refractivity (Wildman–Crippen MR) is 75.5 cm³/mol. The lowest BCUT2D eigenvalue weighted by molar-refractivity contribution is 0.148. The minimum absolute atomic E-state index is 0.181. The van der Waals surface area contributed by atoms with Crippen molar-refractivity contribution in [2.24, 2.45) is 5.92 Å². The highest BCUT2D eigenvalue weighted by atomic mass is 19.3. The maximum atomic E-state index is 12.9. The van der Waals surface area contributed by atoms with Gasteiger partial charge in [0.15, 0.2) is 0 Å². The van der Waals surface area contributed by atoms with Crippen LogP contribution in [0.25, 0.3) is 0 Å². The molecular formula is C16H25F2N. The van der Waals surface area contributed by atoms with Crippen LogP contribution >= 0.6 is 0 Å². The molecule has 1 aliphatic carbocycles. The van der Waals surface area contributed by atoms with Crippen LogP contribution in [0.1, 0.15) is 76.3 Å². The highest BCUT2D eigenvalue weighted by Crippen LogP contribution is 2.39. The monoisotopic (exact) mass is 269 g/mol. The zero-order valence-electron chi connectivity index (χ0n) is 12.2. The summed E-state index contributed by atoms with van der Waals surface area (Å²) < 4.78 is 25.8. The van der Waals surface area contributed by atoms with Crippen molar-refractivity contribution >= 4 is 0 Å². The van der Waals surface area contributed by atoms with Crippen LogP contribution in [-0.4, -0.2) is 4.98 Å². The molecule has 1 aromatic heterocycles. The molecule has 0 amide bonds. The van der Waals surface area contributed by atoms with E-state index in [2.05, 4.69) is 11.9 Å². The van der Waals surface area contributed by atoms with E-state index in [-0.39, 0.29) is 11.5 Å². The van der Waals surface area contributed by atoms with Crippen molar-refractivity contribution in [3.8, 4) is 0 Å². The average molecular weight is 269 g/mol. The first kappa shape index (κ1) is 16.1. The molecule has 3 heteroatoms. The number of hydrogen-bond donors (Lipinski definition) is 0. The molecule has 0 radical (unpaired) electrons. The van der Waals surface area contributed by atoms with Gasteiger partial charge in [0, 0.05) is 18.0 Å². The van der Waals surface area contributed by atoms with Crippen LogP contribution in [0.3, 0.4) is 0 Å². The molecular weight excluding hydrogens is 244 g/mol. The molecule has 1 aliphatic rings. The zero-order valence-corrected chi connectivity index (χ0v) is 12.2. The van der Waals surface area contributed by atoms with E-state index in [4.69, 9.17) is 0 Å². The summed E-state index contributed by atoms with van der Waals surface area (Å²) in [6.45, 7) is 6.21. The Balaban J connectivity index is 0.000000861. The molecule has 1 aromatic rings. The summed E-state index contributed by atoms with van der Waals surface area (Å²) >= 11 is 0. The number of nitrogens with zero attached hydrogens (tertiary/aromatic N) is 1. The molecule has 0 aromatic carbocycles. The fraction of sp³-hybridized carbons (Fsp3) is 0.688. The van der Waals surface area contributed by atoms with Crippen molar-refractivity contribution < 1.29 is 8.78 Å². The third-order valence-electron chi connectivity index (χ3n) is 3.99. The molecule has 1 fully saturated rings. The van der Waals surface area contributed by atoms with Crippen LogP contribution in [0.2, 0.25) is 0 Å². The van der Waals surface area contributed by atoms with Crippen molar-refractivity contribution in [3.05, 3.63) is 29.6 Å². The minimum Gasteiger partial charge on any atom is -0.264 e. The van der Waals surface area contributed by atoms with Gasteiger partial charge in [-0.15, -0.1) is 0 Å².